The summed E-state index contributed by atoms with van der Waals surface area (Å²) in [4.78, 5) is 22.9. The van der Waals surface area contributed by atoms with Gasteiger partial charge in [-0.3, -0.25) is 9.78 Å². The normalized spacial score (nSPS) is 14.9. The third-order valence-corrected chi connectivity index (χ3v) is 4.33. The number of anilines is 1. The summed E-state index contributed by atoms with van der Waals surface area (Å²) >= 11 is 0. The topological polar surface area (TPSA) is 76.6 Å². The van der Waals surface area contributed by atoms with Crippen molar-refractivity contribution in [2.45, 2.75) is 18.9 Å². The van der Waals surface area contributed by atoms with Gasteiger partial charge in [0.25, 0.3) is 5.91 Å². The minimum atomic E-state index is 0.0129. The van der Waals surface area contributed by atoms with Crippen molar-refractivity contribution < 1.29 is 14.3 Å². The molecule has 0 atom stereocenters. The van der Waals surface area contributed by atoms with E-state index in [-0.39, 0.29) is 5.91 Å². The predicted octanol–water partition coefficient (Wildman–Crippen LogP) is 2.21. The Bertz CT molecular complexity index is 716. The molecule has 0 aliphatic carbocycles. The molecule has 0 unspecified atom stereocenters. The van der Waals surface area contributed by atoms with Crippen molar-refractivity contribution in [3.8, 4) is 11.5 Å². The van der Waals surface area contributed by atoms with Crippen LogP contribution in [0.3, 0.4) is 0 Å². The SMILES string of the molecule is COc1ccc(C(=O)N2CCC(Nc3cnccn3)CC2)cc1OC. The molecule has 132 valence electrons. The van der Waals surface area contributed by atoms with Crippen LogP contribution in [-0.2, 0) is 0 Å². The van der Waals surface area contributed by atoms with Crippen LogP contribution in [0.4, 0.5) is 5.82 Å². The smallest absolute Gasteiger partial charge is 0.253 e. The van der Waals surface area contributed by atoms with Gasteiger partial charge in [-0.1, -0.05) is 0 Å². The van der Waals surface area contributed by atoms with Crippen molar-refractivity contribution in [2.24, 2.45) is 0 Å². The van der Waals surface area contributed by atoms with Gasteiger partial charge in [0.15, 0.2) is 11.5 Å². The number of hydrogen-bond donors (Lipinski definition) is 1. The van der Waals surface area contributed by atoms with Crippen LogP contribution in [0.2, 0.25) is 0 Å². The lowest BCUT2D eigenvalue weighted by molar-refractivity contribution is 0.0718. The molecule has 25 heavy (non-hydrogen) atoms. The minimum Gasteiger partial charge on any atom is -0.493 e. The Labute approximate surface area is 147 Å². The average Bonchev–Trinajstić information content (AvgIpc) is 2.68. The second kappa shape index (κ2) is 7.83. The van der Waals surface area contributed by atoms with Crippen LogP contribution in [0, 0.1) is 0 Å². The quantitative estimate of drug-likeness (QED) is 0.898. The minimum absolute atomic E-state index is 0.0129. The molecule has 1 aliphatic heterocycles. The van der Waals surface area contributed by atoms with Gasteiger partial charge in [0.05, 0.1) is 20.4 Å². The van der Waals surface area contributed by atoms with E-state index in [4.69, 9.17) is 9.47 Å². The van der Waals surface area contributed by atoms with Gasteiger partial charge in [-0.2, -0.15) is 0 Å². The van der Waals surface area contributed by atoms with Crippen LogP contribution < -0.4 is 14.8 Å². The van der Waals surface area contributed by atoms with Gasteiger partial charge in [0.1, 0.15) is 5.82 Å². The Morgan fingerprint density at radius 3 is 2.56 bits per heavy atom. The van der Waals surface area contributed by atoms with Gasteiger partial charge in [0, 0.05) is 37.1 Å². The van der Waals surface area contributed by atoms with Crippen molar-refractivity contribution in [3.63, 3.8) is 0 Å². The molecule has 0 saturated carbocycles. The molecular weight excluding hydrogens is 320 g/mol. The highest BCUT2D eigenvalue weighted by atomic mass is 16.5. The molecule has 0 bridgehead atoms. The average molecular weight is 342 g/mol. The number of carbonyl (C=O) groups excluding carboxylic acids is 1. The van der Waals surface area contributed by atoms with Gasteiger partial charge in [-0.05, 0) is 31.0 Å². The van der Waals surface area contributed by atoms with E-state index >= 15 is 0 Å². The molecule has 1 fully saturated rings. The lowest BCUT2D eigenvalue weighted by atomic mass is 10.0. The van der Waals surface area contributed by atoms with Crippen molar-refractivity contribution in [2.75, 3.05) is 32.6 Å². The van der Waals surface area contributed by atoms with Crippen molar-refractivity contribution >= 4 is 11.7 Å². The number of aromatic nitrogens is 2. The number of nitrogens with one attached hydrogen (secondary N) is 1. The zero-order valence-electron chi connectivity index (χ0n) is 14.4. The summed E-state index contributed by atoms with van der Waals surface area (Å²) in [6.45, 7) is 1.40. The Morgan fingerprint density at radius 2 is 1.92 bits per heavy atom. The van der Waals surface area contributed by atoms with Crippen molar-refractivity contribution in [3.05, 3.63) is 42.4 Å². The fourth-order valence-electron chi connectivity index (χ4n) is 2.96. The number of ether oxygens (including phenoxy) is 2. The molecule has 1 aromatic heterocycles. The van der Waals surface area contributed by atoms with Crippen molar-refractivity contribution in [1.29, 1.82) is 0 Å². The highest BCUT2D eigenvalue weighted by Gasteiger charge is 2.24. The number of rotatable bonds is 5. The van der Waals surface area contributed by atoms with E-state index in [0.717, 1.165) is 18.7 Å². The van der Waals surface area contributed by atoms with Crippen LogP contribution in [0.1, 0.15) is 23.2 Å². The molecule has 1 saturated heterocycles. The number of amides is 1. The van der Waals surface area contributed by atoms with Crippen LogP contribution >= 0.6 is 0 Å². The Balaban J connectivity index is 1.60. The summed E-state index contributed by atoms with van der Waals surface area (Å²) in [5, 5.41) is 3.37. The Kier molecular flexibility index (Phi) is 5.33. The number of piperidine rings is 1. The van der Waals surface area contributed by atoms with Gasteiger partial charge >= 0.3 is 0 Å². The molecule has 1 N–H and O–H groups in total. The molecule has 7 heteroatoms. The van der Waals surface area contributed by atoms with E-state index in [1.807, 2.05) is 4.90 Å². The van der Waals surface area contributed by atoms with Gasteiger partial charge in [-0.25, -0.2) is 4.98 Å². The fraction of sp³-hybridized carbons (Fsp3) is 0.389. The number of likely N-dealkylation sites (tertiary alicyclic amines) is 1. The molecule has 7 nitrogen and oxygen atoms in total. The predicted molar refractivity (Wildman–Crippen MR) is 94.1 cm³/mol. The summed E-state index contributed by atoms with van der Waals surface area (Å²) in [5.41, 5.74) is 0.609. The summed E-state index contributed by atoms with van der Waals surface area (Å²) in [7, 11) is 3.14. The maximum absolute atomic E-state index is 12.7. The molecule has 1 amide bonds. The summed E-state index contributed by atoms with van der Waals surface area (Å²) in [6, 6.07) is 5.55. The monoisotopic (exact) mass is 342 g/mol. The number of benzene rings is 1. The van der Waals surface area contributed by atoms with E-state index in [0.29, 0.717) is 36.2 Å². The highest BCUT2D eigenvalue weighted by molar-refractivity contribution is 5.95. The van der Waals surface area contributed by atoms with Gasteiger partial charge < -0.3 is 19.7 Å². The molecule has 1 aliphatic rings. The maximum Gasteiger partial charge on any atom is 0.253 e. The van der Waals surface area contributed by atoms with Crippen LogP contribution in [-0.4, -0.2) is 54.1 Å². The Hall–Kier alpha value is -2.83. The summed E-state index contributed by atoms with van der Waals surface area (Å²) < 4.78 is 10.5. The van der Waals surface area contributed by atoms with E-state index in [2.05, 4.69) is 15.3 Å². The third-order valence-electron chi connectivity index (χ3n) is 4.33. The number of nitrogens with zero attached hydrogens (tertiary/aromatic N) is 3. The largest absolute Gasteiger partial charge is 0.493 e. The molecular formula is C18H22N4O3. The van der Waals surface area contributed by atoms with E-state index in [1.54, 1.807) is 51.0 Å². The van der Waals surface area contributed by atoms with Crippen molar-refractivity contribution in [1.82, 2.24) is 14.9 Å². The summed E-state index contributed by atoms with van der Waals surface area (Å²) in [5.74, 6) is 1.96. The zero-order valence-corrected chi connectivity index (χ0v) is 14.4. The van der Waals surface area contributed by atoms with Crippen LogP contribution in [0.15, 0.2) is 36.8 Å². The first kappa shape index (κ1) is 17.0. The fourth-order valence-corrected chi connectivity index (χ4v) is 2.96. The van der Waals surface area contributed by atoms with Gasteiger partial charge in [0.2, 0.25) is 0 Å². The second-order valence-electron chi connectivity index (χ2n) is 5.87. The molecule has 2 heterocycles. The lowest BCUT2D eigenvalue weighted by Crippen LogP contribution is -2.42. The first-order chi connectivity index (χ1) is 12.2. The van der Waals surface area contributed by atoms with E-state index in [1.165, 1.54) is 0 Å². The van der Waals surface area contributed by atoms with Crippen LogP contribution in [0.25, 0.3) is 0 Å². The van der Waals surface area contributed by atoms with Gasteiger partial charge in [-0.15, -0.1) is 0 Å². The van der Waals surface area contributed by atoms with E-state index < -0.39 is 0 Å². The highest BCUT2D eigenvalue weighted by Crippen LogP contribution is 2.28. The number of hydrogen-bond acceptors (Lipinski definition) is 6. The lowest BCUT2D eigenvalue weighted by Gasteiger charge is -2.32. The number of carbonyl (C=O) groups is 1. The third kappa shape index (κ3) is 3.99. The maximum atomic E-state index is 12.7. The zero-order chi connectivity index (χ0) is 17.6. The molecule has 2 aromatic rings. The molecule has 1 aromatic carbocycles. The molecule has 0 spiro atoms. The van der Waals surface area contributed by atoms with E-state index in [9.17, 15) is 4.79 Å². The molecule has 0 radical (unpaired) electrons. The standard InChI is InChI=1S/C18H22N4O3/c1-24-15-4-3-13(11-16(15)25-2)18(23)22-9-5-14(6-10-22)21-17-12-19-7-8-20-17/h3-4,7-8,11-12,14H,5-6,9-10H2,1-2H3,(H,20,21). The Morgan fingerprint density at radius 1 is 1.16 bits per heavy atom. The second-order valence-corrected chi connectivity index (χ2v) is 5.87. The summed E-state index contributed by atoms with van der Waals surface area (Å²) in [6.07, 6.45) is 6.76. The first-order valence-electron chi connectivity index (χ1n) is 8.25. The van der Waals surface area contributed by atoms with Crippen LogP contribution in [0.5, 0.6) is 11.5 Å². The number of methoxy groups -OCH3 is 2. The first-order valence-corrected chi connectivity index (χ1v) is 8.25. The molecule has 3 rings (SSSR count).